The molecule has 0 aliphatic heterocycles. The lowest BCUT2D eigenvalue weighted by Crippen LogP contribution is -2.39. The fourth-order valence-corrected chi connectivity index (χ4v) is 3.39. The van der Waals surface area contributed by atoms with Gasteiger partial charge in [0.25, 0.3) is 0 Å². The van der Waals surface area contributed by atoms with Gasteiger partial charge in [0.15, 0.2) is 11.8 Å². The lowest BCUT2D eigenvalue weighted by molar-refractivity contribution is 0.297. The molecule has 1 aromatic rings. The highest BCUT2D eigenvalue weighted by Crippen LogP contribution is 2.41. The van der Waals surface area contributed by atoms with Crippen molar-refractivity contribution in [1.29, 1.82) is 0 Å². The SMILES string of the molecule is CCNC(=NCC1(CC)CCCC1)NCCCc1nc(C(C)C)no1.I. The van der Waals surface area contributed by atoms with Crippen LogP contribution in [0.5, 0.6) is 0 Å². The van der Waals surface area contributed by atoms with Crippen LogP contribution in [0.4, 0.5) is 0 Å². The molecule has 1 saturated carbocycles. The molecule has 7 heteroatoms. The van der Waals surface area contributed by atoms with E-state index in [1.54, 1.807) is 0 Å². The third kappa shape index (κ3) is 7.04. The van der Waals surface area contributed by atoms with Gasteiger partial charge in [0, 0.05) is 32.0 Å². The summed E-state index contributed by atoms with van der Waals surface area (Å²) < 4.78 is 5.29. The average molecular weight is 477 g/mol. The van der Waals surface area contributed by atoms with Crippen LogP contribution < -0.4 is 10.6 Å². The second-order valence-corrected chi connectivity index (χ2v) is 7.49. The Morgan fingerprint density at radius 1 is 1.23 bits per heavy atom. The Kier molecular flexibility index (Phi) is 10.5. The van der Waals surface area contributed by atoms with Gasteiger partial charge in [0.05, 0.1) is 0 Å². The second kappa shape index (κ2) is 11.8. The first-order valence-electron chi connectivity index (χ1n) is 9.93. The molecule has 6 nitrogen and oxygen atoms in total. The summed E-state index contributed by atoms with van der Waals surface area (Å²) in [6.45, 7) is 11.2. The van der Waals surface area contributed by atoms with Crippen LogP contribution in [0.1, 0.15) is 83.9 Å². The number of nitrogens with zero attached hydrogens (tertiary/aromatic N) is 3. The van der Waals surface area contributed by atoms with Crippen LogP contribution in [0.15, 0.2) is 9.52 Å². The Labute approximate surface area is 175 Å². The van der Waals surface area contributed by atoms with Crippen LogP contribution >= 0.6 is 24.0 Å². The molecular weight excluding hydrogens is 441 g/mol. The molecule has 0 saturated heterocycles. The van der Waals surface area contributed by atoms with Crippen LogP contribution in [0.25, 0.3) is 0 Å². The normalized spacial score (nSPS) is 16.6. The van der Waals surface area contributed by atoms with Gasteiger partial charge in [-0.05, 0) is 38.0 Å². The second-order valence-electron chi connectivity index (χ2n) is 7.49. The maximum Gasteiger partial charge on any atom is 0.226 e. The van der Waals surface area contributed by atoms with E-state index >= 15 is 0 Å². The zero-order valence-corrected chi connectivity index (χ0v) is 19.1. The quantitative estimate of drug-likeness (QED) is 0.241. The summed E-state index contributed by atoms with van der Waals surface area (Å²) in [5.74, 6) is 2.75. The largest absolute Gasteiger partial charge is 0.357 e. The highest BCUT2D eigenvalue weighted by atomic mass is 127. The van der Waals surface area contributed by atoms with Crippen molar-refractivity contribution in [2.45, 2.75) is 78.6 Å². The Morgan fingerprint density at radius 3 is 2.54 bits per heavy atom. The third-order valence-corrected chi connectivity index (χ3v) is 5.19. The smallest absolute Gasteiger partial charge is 0.226 e. The van der Waals surface area contributed by atoms with Crippen molar-refractivity contribution in [2.75, 3.05) is 19.6 Å². The lowest BCUT2D eigenvalue weighted by atomic mass is 9.84. The van der Waals surface area contributed by atoms with Gasteiger partial charge >= 0.3 is 0 Å². The zero-order chi connectivity index (χ0) is 18.1. The van der Waals surface area contributed by atoms with Gasteiger partial charge < -0.3 is 15.2 Å². The van der Waals surface area contributed by atoms with Crippen molar-refractivity contribution in [3.8, 4) is 0 Å². The molecule has 1 fully saturated rings. The third-order valence-electron chi connectivity index (χ3n) is 5.19. The van der Waals surface area contributed by atoms with Gasteiger partial charge in [-0.25, -0.2) is 0 Å². The minimum atomic E-state index is 0. The monoisotopic (exact) mass is 477 g/mol. The summed E-state index contributed by atoms with van der Waals surface area (Å²) in [7, 11) is 0. The van der Waals surface area contributed by atoms with Crippen molar-refractivity contribution in [2.24, 2.45) is 10.4 Å². The Hall–Kier alpha value is -0.860. The predicted octanol–water partition coefficient (Wildman–Crippen LogP) is 4.27. The number of hydrogen-bond acceptors (Lipinski definition) is 4. The van der Waals surface area contributed by atoms with E-state index < -0.39 is 0 Å². The predicted molar refractivity (Wildman–Crippen MR) is 117 cm³/mol. The molecule has 0 unspecified atom stereocenters. The van der Waals surface area contributed by atoms with Gasteiger partial charge in [-0.15, -0.1) is 24.0 Å². The summed E-state index contributed by atoms with van der Waals surface area (Å²) in [6, 6.07) is 0. The van der Waals surface area contributed by atoms with E-state index in [1.165, 1.54) is 32.1 Å². The molecule has 2 rings (SSSR count). The van der Waals surface area contributed by atoms with E-state index in [0.717, 1.165) is 50.2 Å². The molecule has 1 aliphatic carbocycles. The molecule has 26 heavy (non-hydrogen) atoms. The van der Waals surface area contributed by atoms with E-state index in [0.29, 0.717) is 11.3 Å². The molecule has 1 aliphatic rings. The van der Waals surface area contributed by atoms with Crippen molar-refractivity contribution >= 4 is 29.9 Å². The number of nitrogens with one attached hydrogen (secondary N) is 2. The summed E-state index contributed by atoms with van der Waals surface area (Å²) in [5.41, 5.74) is 0.430. The molecule has 0 spiro atoms. The summed E-state index contributed by atoms with van der Waals surface area (Å²) >= 11 is 0. The molecule has 0 radical (unpaired) electrons. The molecule has 0 atom stereocenters. The Morgan fingerprint density at radius 2 is 1.96 bits per heavy atom. The zero-order valence-electron chi connectivity index (χ0n) is 16.8. The number of aromatic nitrogens is 2. The Bertz CT molecular complexity index is 538. The molecule has 0 amide bonds. The van der Waals surface area contributed by atoms with Gasteiger partial charge in [-0.2, -0.15) is 4.98 Å². The lowest BCUT2D eigenvalue weighted by Gasteiger charge is -2.25. The minimum absolute atomic E-state index is 0. The van der Waals surface area contributed by atoms with Crippen molar-refractivity contribution in [3.05, 3.63) is 11.7 Å². The van der Waals surface area contributed by atoms with Crippen molar-refractivity contribution in [3.63, 3.8) is 0 Å². The molecule has 0 bridgehead atoms. The highest BCUT2D eigenvalue weighted by Gasteiger charge is 2.31. The van der Waals surface area contributed by atoms with Gasteiger partial charge in [0.1, 0.15) is 0 Å². The fourth-order valence-electron chi connectivity index (χ4n) is 3.39. The standard InChI is InChI=1S/C19H35N5O.HI/c1-5-19(11-7-8-12-19)14-22-18(20-6-2)21-13-9-10-16-23-17(15(3)4)24-25-16;/h15H,5-14H2,1-4H3,(H2,20,21,22);1H. The number of guanidine groups is 1. The number of hydrogen-bond donors (Lipinski definition) is 2. The number of aryl methyl sites for hydroxylation is 1. The van der Waals surface area contributed by atoms with Crippen LogP contribution in [0.3, 0.4) is 0 Å². The van der Waals surface area contributed by atoms with E-state index in [-0.39, 0.29) is 24.0 Å². The van der Waals surface area contributed by atoms with Gasteiger partial charge in [0.2, 0.25) is 5.89 Å². The van der Waals surface area contributed by atoms with Crippen LogP contribution in [-0.4, -0.2) is 35.7 Å². The van der Waals surface area contributed by atoms with E-state index in [1.807, 2.05) is 0 Å². The van der Waals surface area contributed by atoms with Gasteiger partial charge in [-0.1, -0.05) is 38.8 Å². The average Bonchev–Trinajstić information content (AvgIpc) is 3.26. The molecule has 1 heterocycles. The van der Waals surface area contributed by atoms with E-state index in [2.05, 4.69) is 48.5 Å². The highest BCUT2D eigenvalue weighted by molar-refractivity contribution is 14.0. The summed E-state index contributed by atoms with van der Waals surface area (Å²) in [4.78, 5) is 9.27. The fraction of sp³-hybridized carbons (Fsp3) is 0.842. The molecule has 0 aromatic carbocycles. The molecule has 150 valence electrons. The number of rotatable bonds is 9. The topological polar surface area (TPSA) is 75.3 Å². The Balaban J connectivity index is 0.00000338. The summed E-state index contributed by atoms with van der Waals surface area (Å²) in [5, 5.41) is 10.8. The van der Waals surface area contributed by atoms with Gasteiger partial charge in [-0.3, -0.25) is 4.99 Å². The van der Waals surface area contributed by atoms with Crippen molar-refractivity contribution < 1.29 is 4.52 Å². The van der Waals surface area contributed by atoms with Crippen LogP contribution in [0.2, 0.25) is 0 Å². The molecule has 2 N–H and O–H groups in total. The maximum absolute atomic E-state index is 5.29. The van der Waals surface area contributed by atoms with Crippen LogP contribution in [0, 0.1) is 5.41 Å². The first-order valence-corrected chi connectivity index (χ1v) is 9.93. The summed E-state index contributed by atoms with van der Waals surface area (Å²) in [6.07, 6.45) is 8.33. The van der Waals surface area contributed by atoms with Crippen LogP contribution in [-0.2, 0) is 6.42 Å². The van der Waals surface area contributed by atoms with E-state index in [9.17, 15) is 0 Å². The molecule has 1 aromatic heterocycles. The van der Waals surface area contributed by atoms with Crippen molar-refractivity contribution in [1.82, 2.24) is 20.8 Å². The maximum atomic E-state index is 5.29. The van der Waals surface area contributed by atoms with E-state index in [4.69, 9.17) is 9.52 Å². The first-order chi connectivity index (χ1) is 12.1. The first kappa shape index (κ1) is 23.2. The number of halogens is 1. The molecular formula is C19H36IN5O. The minimum Gasteiger partial charge on any atom is -0.357 e. The number of aliphatic imine (C=N–C) groups is 1.